The van der Waals surface area contributed by atoms with Crippen LogP contribution < -0.4 is 0 Å². The monoisotopic (exact) mass is 370 g/mol. The summed E-state index contributed by atoms with van der Waals surface area (Å²) in [6.45, 7) is 6.52. The van der Waals surface area contributed by atoms with Gasteiger partial charge < -0.3 is 14.8 Å². The van der Waals surface area contributed by atoms with Crippen LogP contribution in [-0.2, 0) is 17.3 Å². The third-order valence-electron chi connectivity index (χ3n) is 5.27. The van der Waals surface area contributed by atoms with Crippen LogP contribution in [0.4, 0.5) is 18.0 Å². The number of H-pyrrole nitrogens is 1. The number of hydrogen-bond acceptors (Lipinski definition) is 3. The second-order valence-corrected chi connectivity index (χ2v) is 7.26. The van der Waals surface area contributed by atoms with Gasteiger partial charge in [-0.25, -0.2) is 4.79 Å². The minimum absolute atomic E-state index is 0.0311. The van der Waals surface area contributed by atoms with Crippen molar-refractivity contribution < 1.29 is 27.8 Å². The highest BCUT2D eigenvalue weighted by Gasteiger charge is 2.56. The molecule has 26 heavy (non-hydrogen) atoms. The van der Waals surface area contributed by atoms with Gasteiger partial charge in [0.15, 0.2) is 11.3 Å². The fraction of sp³-hybridized carbons (Fsp3) is 0.500. The predicted octanol–water partition coefficient (Wildman–Crippen LogP) is 3.98. The molecule has 1 aromatic heterocycles. The van der Waals surface area contributed by atoms with Crippen LogP contribution in [0.1, 0.15) is 37.6 Å². The lowest BCUT2D eigenvalue weighted by Gasteiger charge is -2.34. The van der Waals surface area contributed by atoms with Gasteiger partial charge in [-0.05, 0) is 45.7 Å². The van der Waals surface area contributed by atoms with Gasteiger partial charge >= 0.3 is 12.3 Å². The maximum atomic E-state index is 13.2. The number of ether oxygens (including phenoxy) is 1. The summed E-state index contributed by atoms with van der Waals surface area (Å²) in [6.07, 6.45) is -4.82. The van der Waals surface area contributed by atoms with Crippen LogP contribution in [0.3, 0.4) is 0 Å². The molecule has 1 fully saturated rings. The summed E-state index contributed by atoms with van der Waals surface area (Å²) in [4.78, 5) is 16.1. The molecule has 1 aliphatic rings. The first-order valence-electron chi connectivity index (χ1n) is 8.26. The van der Waals surface area contributed by atoms with Crippen molar-refractivity contribution in [2.45, 2.75) is 51.6 Å². The van der Waals surface area contributed by atoms with E-state index in [9.17, 15) is 23.1 Å². The molecule has 8 heteroatoms. The minimum atomic E-state index is -4.46. The Morgan fingerprint density at radius 3 is 2.46 bits per heavy atom. The first-order valence-corrected chi connectivity index (χ1v) is 8.26. The number of nitrogens with one attached hydrogen (secondary N) is 1. The molecule has 0 saturated carbocycles. The van der Waals surface area contributed by atoms with Gasteiger partial charge in [-0.1, -0.05) is 12.1 Å². The lowest BCUT2D eigenvalue weighted by atomic mass is 9.95. The highest BCUT2D eigenvalue weighted by Crippen LogP contribution is 2.38. The van der Waals surface area contributed by atoms with Crippen LogP contribution in [0, 0.1) is 6.92 Å². The number of aromatic nitrogens is 1. The Hall–Kier alpha value is -2.22. The van der Waals surface area contributed by atoms with Crippen molar-refractivity contribution in [2.75, 3.05) is 6.54 Å². The summed E-state index contributed by atoms with van der Waals surface area (Å²) in [6, 6.07) is 4.02. The van der Waals surface area contributed by atoms with Crippen molar-refractivity contribution in [3.8, 4) is 0 Å². The Balaban J connectivity index is 1.94. The highest BCUT2D eigenvalue weighted by molar-refractivity contribution is 5.88. The van der Waals surface area contributed by atoms with Crippen LogP contribution >= 0.6 is 0 Å². The maximum Gasteiger partial charge on any atom is 0.418 e. The molecule has 0 unspecified atom stereocenters. The molecule has 1 amide bonds. The van der Waals surface area contributed by atoms with Crippen LogP contribution in [0.5, 0.6) is 0 Å². The van der Waals surface area contributed by atoms with Gasteiger partial charge in [-0.3, -0.25) is 4.90 Å². The number of halogens is 3. The second-order valence-electron chi connectivity index (χ2n) is 7.26. The molecule has 2 heterocycles. The summed E-state index contributed by atoms with van der Waals surface area (Å²) < 4.78 is 44.8. The fourth-order valence-corrected chi connectivity index (χ4v) is 3.37. The van der Waals surface area contributed by atoms with Crippen molar-refractivity contribution in [1.29, 1.82) is 0 Å². The highest BCUT2D eigenvalue weighted by atomic mass is 19.4. The summed E-state index contributed by atoms with van der Waals surface area (Å²) in [5.74, 6) is 0. The van der Waals surface area contributed by atoms with Crippen LogP contribution in [-0.4, -0.2) is 39.0 Å². The van der Waals surface area contributed by atoms with Gasteiger partial charge in [0.05, 0.1) is 11.1 Å². The summed E-state index contributed by atoms with van der Waals surface area (Å²) in [5.41, 5.74) is -2.01. The van der Waals surface area contributed by atoms with Crippen molar-refractivity contribution in [1.82, 2.24) is 9.88 Å². The summed E-state index contributed by atoms with van der Waals surface area (Å²) >= 11 is 0. The molecule has 2 aromatic rings. The number of alkyl halides is 3. The van der Waals surface area contributed by atoms with E-state index in [1.165, 1.54) is 17.9 Å². The van der Waals surface area contributed by atoms with Crippen molar-refractivity contribution in [3.05, 3.63) is 35.0 Å². The molecule has 5 nitrogen and oxygen atoms in total. The molecule has 0 aliphatic carbocycles. The third-order valence-corrected chi connectivity index (χ3v) is 5.27. The number of cyclic esters (lactones) is 1. The maximum absolute atomic E-state index is 13.2. The molecule has 0 radical (unpaired) electrons. The molecule has 1 atom stereocenters. The number of aliphatic hydroxyl groups is 1. The zero-order chi connectivity index (χ0) is 19.5. The van der Waals surface area contributed by atoms with Gasteiger partial charge in [0, 0.05) is 17.6 Å². The number of benzene rings is 1. The number of aromatic amines is 1. The van der Waals surface area contributed by atoms with Gasteiger partial charge in [-0.15, -0.1) is 0 Å². The number of rotatable bonds is 3. The predicted molar refractivity (Wildman–Crippen MR) is 89.6 cm³/mol. The average molecular weight is 370 g/mol. The Kier molecular flexibility index (Phi) is 4.03. The van der Waals surface area contributed by atoms with E-state index < -0.39 is 29.2 Å². The molecule has 1 saturated heterocycles. The van der Waals surface area contributed by atoms with E-state index in [0.29, 0.717) is 16.6 Å². The summed E-state index contributed by atoms with van der Waals surface area (Å²) in [5, 5.41) is 11.1. The quantitative estimate of drug-likeness (QED) is 0.859. The number of carbonyl (C=O) groups is 1. The normalized spacial score (nSPS) is 22.9. The van der Waals surface area contributed by atoms with E-state index in [1.807, 2.05) is 0 Å². The van der Waals surface area contributed by atoms with E-state index in [1.54, 1.807) is 26.8 Å². The van der Waals surface area contributed by atoms with Gasteiger partial charge in [0.25, 0.3) is 0 Å². The molecule has 0 bridgehead atoms. The minimum Gasteiger partial charge on any atom is -0.438 e. The number of fused-ring (bicyclic) bond motifs is 1. The van der Waals surface area contributed by atoms with Crippen LogP contribution in [0.2, 0.25) is 0 Å². The standard InChI is InChI=1S/C18H21F3N2O3/c1-10-11(8-9-23-15(24)26-16(2,3)17(23,4)25)12-6-5-7-13(14(12)22-10)18(19,20)21/h5-7,22,25H,8-9H2,1-4H3/t17-/m0/s1. The smallest absolute Gasteiger partial charge is 0.418 e. The van der Waals surface area contributed by atoms with Crippen molar-refractivity contribution in [2.24, 2.45) is 0 Å². The van der Waals surface area contributed by atoms with E-state index >= 15 is 0 Å². The molecule has 1 aliphatic heterocycles. The van der Waals surface area contributed by atoms with E-state index in [-0.39, 0.29) is 18.5 Å². The van der Waals surface area contributed by atoms with Gasteiger partial charge in [0.2, 0.25) is 0 Å². The molecule has 2 N–H and O–H groups in total. The van der Waals surface area contributed by atoms with Gasteiger partial charge in [-0.2, -0.15) is 13.2 Å². The van der Waals surface area contributed by atoms with Crippen LogP contribution in [0.15, 0.2) is 18.2 Å². The van der Waals surface area contributed by atoms with Crippen molar-refractivity contribution >= 4 is 17.0 Å². The first-order chi connectivity index (χ1) is 11.9. The lowest BCUT2D eigenvalue weighted by molar-refractivity contribution is -0.136. The average Bonchev–Trinajstić information content (AvgIpc) is 2.87. The van der Waals surface area contributed by atoms with Crippen LogP contribution in [0.25, 0.3) is 10.9 Å². The zero-order valence-corrected chi connectivity index (χ0v) is 15.0. The van der Waals surface area contributed by atoms with Gasteiger partial charge in [0.1, 0.15) is 0 Å². The topological polar surface area (TPSA) is 65.6 Å². The molecule has 0 spiro atoms. The number of para-hydroxylation sites is 1. The van der Waals surface area contributed by atoms with E-state index in [4.69, 9.17) is 4.74 Å². The Labute approximate surface area is 148 Å². The number of carbonyl (C=O) groups excluding carboxylic acids is 1. The fourth-order valence-electron chi connectivity index (χ4n) is 3.37. The number of amides is 1. The SMILES string of the molecule is Cc1[nH]c2c(C(F)(F)F)cccc2c1CCN1C(=O)OC(C)(C)[C@]1(C)O. The molecule has 142 valence electrons. The molecular weight excluding hydrogens is 349 g/mol. The summed E-state index contributed by atoms with van der Waals surface area (Å²) in [7, 11) is 0. The number of nitrogens with zero attached hydrogens (tertiary/aromatic N) is 1. The van der Waals surface area contributed by atoms with E-state index in [2.05, 4.69) is 4.98 Å². The Morgan fingerprint density at radius 1 is 1.27 bits per heavy atom. The molecule has 1 aromatic carbocycles. The zero-order valence-electron chi connectivity index (χ0n) is 15.0. The number of aryl methyl sites for hydroxylation is 1. The Morgan fingerprint density at radius 2 is 1.92 bits per heavy atom. The second kappa shape index (κ2) is 5.64. The molecule has 3 rings (SSSR count). The molecular formula is C18H21F3N2O3. The number of hydrogen-bond donors (Lipinski definition) is 2. The first kappa shape index (κ1) is 18.6. The van der Waals surface area contributed by atoms with E-state index in [0.717, 1.165) is 6.07 Å². The largest absolute Gasteiger partial charge is 0.438 e. The lowest BCUT2D eigenvalue weighted by Crippen LogP contribution is -2.54. The third kappa shape index (κ3) is 2.72. The van der Waals surface area contributed by atoms with Crippen molar-refractivity contribution in [3.63, 3.8) is 0 Å². The Bertz CT molecular complexity index is 868.